The van der Waals surface area contributed by atoms with Crippen LogP contribution in [-0.2, 0) is 27.9 Å². The number of unbranched alkanes of at least 4 members (excludes halogenated alkanes) is 40. The lowest BCUT2D eigenvalue weighted by Crippen LogP contribution is -2.47. The first-order chi connectivity index (χ1) is 36.9. The SMILES string of the molecule is CCCCC/C=C\C/C=C\CCCCCCCCCC(=O)OC(/C=C/CCCCCCCCCCCC)C(COP(=O)([O-])OCC[N+](C)(C)C)NC(=O)CCCCCCCCCCCCCCCCCCCCCCC. The van der Waals surface area contributed by atoms with E-state index in [0.717, 1.165) is 77.0 Å². The van der Waals surface area contributed by atoms with Gasteiger partial charge in [-0.05, 0) is 63.9 Å². The lowest BCUT2D eigenvalue weighted by atomic mass is 10.0. The third-order valence-corrected chi connectivity index (χ3v) is 15.8. The van der Waals surface area contributed by atoms with Crippen molar-refractivity contribution in [3.8, 4) is 0 Å². The van der Waals surface area contributed by atoms with E-state index < -0.39 is 20.0 Å². The van der Waals surface area contributed by atoms with E-state index in [1.165, 1.54) is 212 Å². The van der Waals surface area contributed by atoms with Crippen LogP contribution in [0.15, 0.2) is 36.5 Å². The quantitative estimate of drug-likeness (QED) is 0.0212. The van der Waals surface area contributed by atoms with E-state index in [1.807, 2.05) is 33.3 Å². The van der Waals surface area contributed by atoms with E-state index in [1.54, 1.807) is 0 Å². The van der Waals surface area contributed by atoms with E-state index in [4.69, 9.17) is 13.8 Å². The highest BCUT2D eigenvalue weighted by Gasteiger charge is 2.27. The maximum absolute atomic E-state index is 13.6. The lowest BCUT2D eigenvalue weighted by molar-refractivity contribution is -0.870. The number of hydrogen-bond acceptors (Lipinski definition) is 7. The highest BCUT2D eigenvalue weighted by Crippen LogP contribution is 2.38. The summed E-state index contributed by atoms with van der Waals surface area (Å²) in [5.74, 6) is -0.534. The van der Waals surface area contributed by atoms with Crippen molar-refractivity contribution < 1.29 is 37.3 Å². The molecule has 0 aliphatic carbocycles. The molecule has 0 bridgehead atoms. The number of ether oxygens (including phenoxy) is 1. The Balaban J connectivity index is 5.16. The first-order valence-electron chi connectivity index (χ1n) is 32.8. The molecule has 3 atom stereocenters. The highest BCUT2D eigenvalue weighted by molar-refractivity contribution is 7.45. The van der Waals surface area contributed by atoms with E-state index >= 15 is 0 Å². The number of carbonyl (C=O) groups excluding carboxylic acids is 2. The molecule has 0 heterocycles. The third-order valence-electron chi connectivity index (χ3n) is 14.8. The number of hydrogen-bond donors (Lipinski definition) is 1. The fourth-order valence-corrected chi connectivity index (χ4v) is 10.5. The molecule has 0 aliphatic heterocycles. The molecule has 0 aromatic carbocycles. The Morgan fingerprint density at radius 2 is 0.803 bits per heavy atom. The number of nitrogens with zero attached hydrogens (tertiary/aromatic N) is 1. The van der Waals surface area contributed by atoms with Crippen molar-refractivity contribution in [1.82, 2.24) is 5.32 Å². The molecular weight excluding hydrogens is 964 g/mol. The first-order valence-corrected chi connectivity index (χ1v) is 34.3. The molecule has 0 spiro atoms. The number of nitrogens with one attached hydrogen (secondary N) is 1. The van der Waals surface area contributed by atoms with Gasteiger partial charge in [0.15, 0.2) is 0 Å². The van der Waals surface area contributed by atoms with Crippen LogP contribution < -0.4 is 10.2 Å². The van der Waals surface area contributed by atoms with Crippen molar-refractivity contribution in [2.24, 2.45) is 0 Å². The molecule has 0 radical (unpaired) electrons. The molecule has 448 valence electrons. The molecule has 0 aliphatic rings. The van der Waals surface area contributed by atoms with E-state index in [2.05, 4.69) is 50.4 Å². The van der Waals surface area contributed by atoms with Crippen molar-refractivity contribution >= 4 is 19.7 Å². The summed E-state index contributed by atoms with van der Waals surface area (Å²) in [4.78, 5) is 40.0. The summed E-state index contributed by atoms with van der Waals surface area (Å²) in [5.41, 5.74) is 0. The second-order valence-corrected chi connectivity index (χ2v) is 25.0. The van der Waals surface area contributed by atoms with Crippen LogP contribution in [0.3, 0.4) is 0 Å². The Morgan fingerprint density at radius 3 is 1.21 bits per heavy atom. The number of quaternary nitrogens is 1. The molecule has 1 amide bonds. The Kier molecular flexibility index (Phi) is 55.2. The predicted octanol–water partition coefficient (Wildman–Crippen LogP) is 19.7. The second-order valence-electron chi connectivity index (χ2n) is 23.6. The number of allylic oxidation sites excluding steroid dienone is 5. The van der Waals surface area contributed by atoms with E-state index in [9.17, 15) is 19.0 Å². The van der Waals surface area contributed by atoms with Gasteiger partial charge in [0, 0.05) is 12.8 Å². The first kappa shape index (κ1) is 74.2. The summed E-state index contributed by atoms with van der Waals surface area (Å²) in [6.45, 7) is 6.86. The van der Waals surface area contributed by atoms with Crippen LogP contribution in [0.2, 0.25) is 0 Å². The second kappa shape index (κ2) is 56.5. The maximum atomic E-state index is 13.6. The van der Waals surface area contributed by atoms with Crippen LogP contribution in [-0.4, -0.2) is 69.4 Å². The normalized spacial score (nSPS) is 13.8. The average Bonchev–Trinajstić information content (AvgIpc) is 3.38. The van der Waals surface area contributed by atoms with E-state index in [0.29, 0.717) is 17.4 Å². The number of phosphoric acid groups is 1. The molecule has 10 heteroatoms. The van der Waals surface area contributed by atoms with Crippen LogP contribution >= 0.6 is 7.82 Å². The number of rotatable bonds is 60. The Labute approximate surface area is 472 Å². The Morgan fingerprint density at radius 1 is 0.461 bits per heavy atom. The number of carbonyl (C=O) groups is 2. The molecule has 0 saturated heterocycles. The Bertz CT molecular complexity index is 1400. The number of phosphoric ester groups is 1. The molecular formula is C66H127N2O7P. The summed E-state index contributed by atoms with van der Waals surface area (Å²) in [5, 5.41) is 3.04. The molecule has 9 nitrogen and oxygen atoms in total. The average molecular weight is 1090 g/mol. The number of esters is 1. The van der Waals surface area contributed by atoms with Gasteiger partial charge in [0.25, 0.3) is 7.82 Å². The van der Waals surface area contributed by atoms with Gasteiger partial charge in [-0.25, -0.2) is 0 Å². The maximum Gasteiger partial charge on any atom is 0.306 e. The summed E-state index contributed by atoms with van der Waals surface area (Å²) < 4.78 is 30.4. The zero-order valence-corrected chi connectivity index (χ0v) is 52.1. The highest BCUT2D eigenvalue weighted by atomic mass is 31.2. The third kappa shape index (κ3) is 56.9. The molecule has 1 N–H and O–H groups in total. The minimum atomic E-state index is -4.70. The van der Waals surface area contributed by atoms with Crippen molar-refractivity contribution in [2.75, 3.05) is 40.9 Å². The van der Waals surface area contributed by atoms with Crippen LogP contribution in [0, 0.1) is 0 Å². The molecule has 0 aromatic heterocycles. The lowest BCUT2D eigenvalue weighted by Gasteiger charge is -2.30. The van der Waals surface area contributed by atoms with Crippen molar-refractivity contribution in [1.29, 1.82) is 0 Å². The number of likely N-dealkylation sites (N-methyl/N-ethyl adjacent to an activating group) is 1. The molecule has 3 unspecified atom stereocenters. The van der Waals surface area contributed by atoms with Gasteiger partial charge in [-0.1, -0.05) is 282 Å². The minimum Gasteiger partial charge on any atom is -0.756 e. The molecule has 0 rings (SSSR count). The van der Waals surface area contributed by atoms with Gasteiger partial charge in [0.2, 0.25) is 5.91 Å². The standard InChI is InChI=1S/C66H127N2O7P/c1-7-10-13-16-19-22-25-28-30-32-33-34-35-37-38-40-43-46-49-52-55-58-65(69)67-63(62-74-76(71,72)73-61-60-68(4,5)6)64(57-54-51-48-45-42-27-24-21-18-15-12-9-3)75-66(70)59-56-53-50-47-44-41-39-36-31-29-26-23-20-17-14-11-8-2/h20,23,29,31,54,57,63-64H,7-19,21-22,24-28,30,32-53,55-56,58-62H2,1-6H3,(H-,67,69,71,72)/b23-20-,31-29-,57-54+. The van der Waals surface area contributed by atoms with Gasteiger partial charge >= 0.3 is 5.97 Å². The van der Waals surface area contributed by atoms with Crippen molar-refractivity contribution in [2.45, 2.75) is 335 Å². The van der Waals surface area contributed by atoms with Crippen molar-refractivity contribution in [3.63, 3.8) is 0 Å². The fraction of sp³-hybridized carbons (Fsp3) is 0.879. The Hall–Kier alpha value is -1.77. The van der Waals surface area contributed by atoms with Crippen molar-refractivity contribution in [3.05, 3.63) is 36.5 Å². The summed E-state index contributed by atoms with van der Waals surface area (Å²) >= 11 is 0. The monoisotopic (exact) mass is 1090 g/mol. The summed E-state index contributed by atoms with van der Waals surface area (Å²) in [6.07, 6.45) is 68.2. The minimum absolute atomic E-state index is 0.0212. The van der Waals surface area contributed by atoms with Gasteiger partial charge in [-0.15, -0.1) is 0 Å². The smallest absolute Gasteiger partial charge is 0.306 e. The van der Waals surface area contributed by atoms with Gasteiger partial charge in [0.1, 0.15) is 19.3 Å². The fourth-order valence-electron chi connectivity index (χ4n) is 9.73. The van der Waals surface area contributed by atoms with Gasteiger partial charge < -0.3 is 28.5 Å². The van der Waals surface area contributed by atoms with Crippen LogP contribution in [0.1, 0.15) is 323 Å². The van der Waals surface area contributed by atoms with Gasteiger partial charge in [0.05, 0.1) is 33.8 Å². The molecule has 0 saturated carbocycles. The molecule has 76 heavy (non-hydrogen) atoms. The molecule has 0 fully saturated rings. The van der Waals surface area contributed by atoms with Gasteiger partial charge in [-0.3, -0.25) is 14.2 Å². The van der Waals surface area contributed by atoms with Gasteiger partial charge in [-0.2, -0.15) is 0 Å². The largest absolute Gasteiger partial charge is 0.756 e. The van der Waals surface area contributed by atoms with Crippen LogP contribution in [0.25, 0.3) is 0 Å². The molecule has 0 aromatic rings. The summed E-state index contributed by atoms with van der Waals surface area (Å²) in [6, 6.07) is -0.888. The summed E-state index contributed by atoms with van der Waals surface area (Å²) in [7, 11) is 1.19. The van der Waals surface area contributed by atoms with Crippen LogP contribution in [0.4, 0.5) is 0 Å². The predicted molar refractivity (Wildman–Crippen MR) is 326 cm³/mol. The van der Waals surface area contributed by atoms with Crippen LogP contribution in [0.5, 0.6) is 0 Å². The van der Waals surface area contributed by atoms with E-state index in [-0.39, 0.29) is 31.5 Å². The zero-order chi connectivity index (χ0) is 55.7. The topological polar surface area (TPSA) is 114 Å². The number of amides is 1. The zero-order valence-electron chi connectivity index (χ0n) is 51.2.